The zero-order valence-electron chi connectivity index (χ0n) is 12.6. The van der Waals surface area contributed by atoms with Crippen molar-refractivity contribution in [3.05, 3.63) is 29.8 Å². The molecule has 1 aromatic carbocycles. The van der Waals surface area contributed by atoms with Gasteiger partial charge in [0.25, 0.3) is 5.91 Å². The zero-order valence-corrected chi connectivity index (χ0v) is 12.6. The summed E-state index contributed by atoms with van der Waals surface area (Å²) in [6.45, 7) is 1.48. The number of rotatable bonds is 4. The quantitative estimate of drug-likeness (QED) is 0.916. The third-order valence-electron chi connectivity index (χ3n) is 4.18. The fourth-order valence-corrected chi connectivity index (χ4v) is 3.02. The van der Waals surface area contributed by atoms with Gasteiger partial charge in [-0.25, -0.2) is 8.78 Å². The Bertz CT molecular complexity index is 575. The fraction of sp³-hybridized carbons (Fsp3) is 0.562. The second-order valence-corrected chi connectivity index (χ2v) is 5.95. The van der Waals surface area contributed by atoms with Crippen LogP contribution in [-0.2, 0) is 14.3 Å². The van der Waals surface area contributed by atoms with E-state index in [1.807, 2.05) is 0 Å². The second kappa shape index (κ2) is 6.80. The summed E-state index contributed by atoms with van der Waals surface area (Å²) in [6.07, 6.45) is 2.25. The third kappa shape index (κ3) is 3.97. The molecule has 1 N–H and O–H groups in total. The van der Waals surface area contributed by atoms with Gasteiger partial charge in [-0.05, 0) is 25.0 Å². The van der Waals surface area contributed by atoms with Crippen LogP contribution in [0.2, 0.25) is 0 Å². The van der Waals surface area contributed by atoms with Gasteiger partial charge < -0.3 is 19.5 Å². The van der Waals surface area contributed by atoms with Gasteiger partial charge in [-0.3, -0.25) is 4.79 Å². The highest BCUT2D eigenvalue weighted by molar-refractivity contribution is 5.77. The molecule has 1 aromatic rings. The van der Waals surface area contributed by atoms with Gasteiger partial charge in [0, 0.05) is 31.7 Å². The number of halogens is 2. The lowest BCUT2D eigenvalue weighted by Gasteiger charge is -2.37. The van der Waals surface area contributed by atoms with E-state index in [9.17, 15) is 13.6 Å². The Hall–Kier alpha value is -1.73. The van der Waals surface area contributed by atoms with Gasteiger partial charge >= 0.3 is 0 Å². The normalized spacial score (nSPS) is 27.1. The van der Waals surface area contributed by atoms with Gasteiger partial charge in [0.15, 0.2) is 18.2 Å². The highest BCUT2D eigenvalue weighted by Crippen LogP contribution is 2.32. The molecule has 2 heterocycles. The summed E-state index contributed by atoms with van der Waals surface area (Å²) in [5.41, 5.74) is -0.292. The third-order valence-corrected chi connectivity index (χ3v) is 4.18. The van der Waals surface area contributed by atoms with Gasteiger partial charge in [-0.1, -0.05) is 0 Å². The highest BCUT2D eigenvalue weighted by atomic mass is 19.1. The molecule has 0 unspecified atom stereocenters. The predicted octanol–water partition coefficient (Wildman–Crippen LogP) is 1.80. The zero-order chi connectivity index (χ0) is 16.3. The molecule has 1 amide bonds. The van der Waals surface area contributed by atoms with Crippen LogP contribution in [0, 0.1) is 11.6 Å². The molecule has 23 heavy (non-hydrogen) atoms. The van der Waals surface area contributed by atoms with Gasteiger partial charge in [0.05, 0.1) is 12.2 Å². The summed E-state index contributed by atoms with van der Waals surface area (Å²) in [5, 5.41) is 2.88. The fourth-order valence-electron chi connectivity index (χ4n) is 3.02. The molecule has 2 fully saturated rings. The smallest absolute Gasteiger partial charge is 0.258 e. The molecule has 2 aliphatic heterocycles. The first kappa shape index (κ1) is 16.1. The first-order valence-corrected chi connectivity index (χ1v) is 7.65. The number of nitrogens with one attached hydrogen (secondary N) is 1. The van der Waals surface area contributed by atoms with Crippen molar-refractivity contribution in [2.45, 2.75) is 30.9 Å². The van der Waals surface area contributed by atoms with E-state index >= 15 is 0 Å². The lowest BCUT2D eigenvalue weighted by atomic mass is 9.90. The van der Waals surface area contributed by atoms with Crippen LogP contribution >= 0.6 is 0 Å². The van der Waals surface area contributed by atoms with Gasteiger partial charge in [0.1, 0.15) is 5.82 Å². The van der Waals surface area contributed by atoms with Gasteiger partial charge in [-0.15, -0.1) is 0 Å². The Balaban J connectivity index is 1.49. The number of hydrogen-bond acceptors (Lipinski definition) is 4. The van der Waals surface area contributed by atoms with E-state index in [0.29, 0.717) is 26.2 Å². The summed E-state index contributed by atoms with van der Waals surface area (Å²) in [5.74, 6) is -2.00. The maximum absolute atomic E-state index is 13.4. The van der Waals surface area contributed by atoms with Crippen molar-refractivity contribution in [3.8, 4) is 5.75 Å². The molecule has 3 rings (SSSR count). The molecule has 0 saturated carbocycles. The van der Waals surface area contributed by atoms with E-state index in [-0.39, 0.29) is 29.9 Å². The number of carbonyl (C=O) groups excluding carboxylic acids is 1. The van der Waals surface area contributed by atoms with Crippen molar-refractivity contribution < 1.29 is 27.8 Å². The Kier molecular flexibility index (Phi) is 4.77. The first-order chi connectivity index (χ1) is 11.1. The maximum Gasteiger partial charge on any atom is 0.258 e. The largest absolute Gasteiger partial charge is 0.481 e. The van der Waals surface area contributed by atoms with Gasteiger partial charge in [0.2, 0.25) is 0 Å². The van der Waals surface area contributed by atoms with Crippen molar-refractivity contribution in [1.82, 2.24) is 5.32 Å². The van der Waals surface area contributed by atoms with E-state index in [1.165, 1.54) is 0 Å². The first-order valence-electron chi connectivity index (χ1n) is 7.65. The van der Waals surface area contributed by atoms with Crippen molar-refractivity contribution in [1.29, 1.82) is 0 Å². The average Bonchev–Trinajstić information content (AvgIpc) is 2.94. The Morgan fingerprint density at radius 3 is 3.00 bits per heavy atom. The van der Waals surface area contributed by atoms with E-state index in [1.54, 1.807) is 0 Å². The molecule has 1 spiro atoms. The van der Waals surface area contributed by atoms with Gasteiger partial charge in [-0.2, -0.15) is 0 Å². The molecule has 0 radical (unpaired) electrons. The molecule has 5 nitrogen and oxygen atoms in total. The summed E-state index contributed by atoms with van der Waals surface area (Å²) < 4.78 is 42.5. The predicted molar refractivity (Wildman–Crippen MR) is 77.1 cm³/mol. The Labute approximate surface area is 132 Å². The minimum absolute atomic E-state index is 0.0142. The number of hydrogen-bond donors (Lipinski definition) is 1. The molecular formula is C16H19F2NO4. The standard InChI is InChI=1S/C16H19F2NO4/c17-11-1-2-14(13(18)7-11)22-9-15(20)19-12-3-5-23-16(8-12)4-6-21-10-16/h1-2,7,12H,3-6,8-10H2,(H,19,20)/t12-,16+/m1/s1. The van der Waals surface area contributed by atoms with Crippen molar-refractivity contribution in [3.63, 3.8) is 0 Å². The van der Waals surface area contributed by atoms with Crippen LogP contribution in [0.25, 0.3) is 0 Å². The minimum Gasteiger partial charge on any atom is -0.481 e. The lowest BCUT2D eigenvalue weighted by molar-refractivity contribution is -0.127. The lowest BCUT2D eigenvalue weighted by Crippen LogP contribution is -2.49. The Morgan fingerprint density at radius 1 is 1.39 bits per heavy atom. The molecule has 0 aromatic heterocycles. The molecule has 7 heteroatoms. The average molecular weight is 327 g/mol. The van der Waals surface area contributed by atoms with Crippen LogP contribution < -0.4 is 10.1 Å². The molecule has 126 valence electrons. The summed E-state index contributed by atoms with van der Waals surface area (Å²) in [6, 6.07) is 2.95. The number of benzene rings is 1. The topological polar surface area (TPSA) is 56.8 Å². The molecular weight excluding hydrogens is 308 g/mol. The molecule has 0 aliphatic carbocycles. The van der Waals surface area contributed by atoms with Crippen molar-refractivity contribution in [2.24, 2.45) is 0 Å². The van der Waals surface area contributed by atoms with Crippen LogP contribution in [0.5, 0.6) is 5.75 Å². The van der Waals surface area contributed by atoms with Crippen LogP contribution in [0.1, 0.15) is 19.3 Å². The molecule has 2 aliphatic rings. The molecule has 2 atom stereocenters. The Morgan fingerprint density at radius 2 is 2.26 bits per heavy atom. The van der Waals surface area contributed by atoms with E-state index in [2.05, 4.69) is 5.32 Å². The van der Waals surface area contributed by atoms with Crippen LogP contribution in [0.3, 0.4) is 0 Å². The van der Waals surface area contributed by atoms with Crippen LogP contribution in [0.15, 0.2) is 18.2 Å². The van der Waals surface area contributed by atoms with E-state index in [4.69, 9.17) is 14.2 Å². The minimum atomic E-state index is -0.828. The van der Waals surface area contributed by atoms with Crippen molar-refractivity contribution >= 4 is 5.91 Å². The monoisotopic (exact) mass is 327 g/mol. The number of amides is 1. The summed E-state index contributed by atoms with van der Waals surface area (Å²) in [4.78, 5) is 12.0. The highest BCUT2D eigenvalue weighted by Gasteiger charge is 2.41. The van der Waals surface area contributed by atoms with E-state index < -0.39 is 11.6 Å². The maximum atomic E-state index is 13.4. The summed E-state index contributed by atoms with van der Waals surface area (Å²) >= 11 is 0. The van der Waals surface area contributed by atoms with E-state index in [0.717, 1.165) is 31.0 Å². The number of ether oxygens (including phenoxy) is 3. The molecule has 2 saturated heterocycles. The SMILES string of the molecule is O=C(COc1ccc(F)cc1F)N[C@@H]1CCO[C@@]2(CCOC2)C1. The van der Waals surface area contributed by atoms with Crippen LogP contribution in [0.4, 0.5) is 8.78 Å². The molecule has 0 bridgehead atoms. The van der Waals surface area contributed by atoms with Crippen LogP contribution in [-0.4, -0.2) is 44.0 Å². The second-order valence-electron chi connectivity index (χ2n) is 5.95. The number of carbonyl (C=O) groups is 1. The summed E-state index contributed by atoms with van der Waals surface area (Å²) in [7, 11) is 0. The van der Waals surface area contributed by atoms with Crippen molar-refractivity contribution in [2.75, 3.05) is 26.4 Å².